The van der Waals surface area contributed by atoms with Crippen LogP contribution in [0.1, 0.15) is 51.7 Å². The number of hydrogen-bond acceptors (Lipinski definition) is 4. The standard InChI is InChI=1S/C19H28N2O4/c1-11(2)15-9-7-8-13(5)18(15)21-16(23)10-25-19(24)17(12(3)4)20-14(6)22/h7-9,11-12,17H,10H2,1-6H3,(H,20,22)(H,21,23)/t17-/m0/s1. The molecule has 0 saturated heterocycles. The van der Waals surface area contributed by atoms with E-state index >= 15 is 0 Å². The minimum absolute atomic E-state index is 0.136. The van der Waals surface area contributed by atoms with Crippen molar-refractivity contribution in [3.63, 3.8) is 0 Å². The van der Waals surface area contributed by atoms with Crippen molar-refractivity contribution in [2.75, 3.05) is 11.9 Å². The lowest BCUT2D eigenvalue weighted by molar-refractivity contribution is -0.151. The fraction of sp³-hybridized carbons (Fsp3) is 0.526. The van der Waals surface area contributed by atoms with E-state index in [1.54, 1.807) is 13.8 Å². The Bertz CT molecular complexity index is 638. The van der Waals surface area contributed by atoms with Crippen LogP contribution in [0, 0.1) is 12.8 Å². The van der Waals surface area contributed by atoms with Gasteiger partial charge in [-0.2, -0.15) is 0 Å². The number of esters is 1. The number of carbonyl (C=O) groups is 3. The molecule has 0 aliphatic rings. The Labute approximate surface area is 149 Å². The minimum atomic E-state index is -0.769. The van der Waals surface area contributed by atoms with Crippen molar-refractivity contribution in [3.8, 4) is 0 Å². The first-order chi connectivity index (χ1) is 11.6. The number of amides is 2. The zero-order chi connectivity index (χ0) is 19.1. The van der Waals surface area contributed by atoms with Gasteiger partial charge in [-0.25, -0.2) is 4.79 Å². The highest BCUT2D eigenvalue weighted by molar-refractivity contribution is 5.95. The lowest BCUT2D eigenvalue weighted by atomic mass is 9.98. The summed E-state index contributed by atoms with van der Waals surface area (Å²) >= 11 is 0. The van der Waals surface area contributed by atoms with Gasteiger partial charge in [0.05, 0.1) is 0 Å². The van der Waals surface area contributed by atoms with Crippen molar-refractivity contribution in [1.82, 2.24) is 5.32 Å². The molecule has 0 spiro atoms. The van der Waals surface area contributed by atoms with Gasteiger partial charge in [-0.15, -0.1) is 0 Å². The van der Waals surface area contributed by atoms with Crippen molar-refractivity contribution < 1.29 is 19.1 Å². The van der Waals surface area contributed by atoms with E-state index in [4.69, 9.17) is 4.74 Å². The van der Waals surface area contributed by atoms with Crippen LogP contribution < -0.4 is 10.6 Å². The van der Waals surface area contributed by atoms with Gasteiger partial charge in [0.1, 0.15) is 6.04 Å². The molecule has 0 aromatic heterocycles. The van der Waals surface area contributed by atoms with Crippen LogP contribution in [0.4, 0.5) is 5.69 Å². The average Bonchev–Trinajstić information content (AvgIpc) is 2.51. The third-order valence-corrected chi connectivity index (χ3v) is 3.82. The zero-order valence-corrected chi connectivity index (χ0v) is 15.8. The van der Waals surface area contributed by atoms with Crippen LogP contribution >= 0.6 is 0 Å². The van der Waals surface area contributed by atoms with Crippen molar-refractivity contribution >= 4 is 23.5 Å². The van der Waals surface area contributed by atoms with E-state index in [-0.39, 0.29) is 17.7 Å². The van der Waals surface area contributed by atoms with Gasteiger partial charge >= 0.3 is 5.97 Å². The first-order valence-corrected chi connectivity index (χ1v) is 8.46. The fourth-order valence-electron chi connectivity index (χ4n) is 2.46. The Morgan fingerprint density at radius 3 is 2.28 bits per heavy atom. The lowest BCUT2D eigenvalue weighted by Crippen LogP contribution is -2.45. The highest BCUT2D eigenvalue weighted by Gasteiger charge is 2.25. The Balaban J connectivity index is 2.72. The van der Waals surface area contributed by atoms with E-state index in [1.807, 2.05) is 39.0 Å². The first kappa shape index (κ1) is 20.7. The molecule has 1 atom stereocenters. The fourth-order valence-corrected chi connectivity index (χ4v) is 2.46. The molecule has 0 radical (unpaired) electrons. The number of para-hydroxylation sites is 1. The Morgan fingerprint density at radius 1 is 1.12 bits per heavy atom. The number of nitrogens with one attached hydrogen (secondary N) is 2. The number of aryl methyl sites for hydroxylation is 1. The van der Waals surface area contributed by atoms with Crippen molar-refractivity contribution in [2.45, 2.75) is 53.5 Å². The second kappa shape index (κ2) is 9.20. The summed E-state index contributed by atoms with van der Waals surface area (Å²) in [6.07, 6.45) is 0. The number of anilines is 1. The molecular weight excluding hydrogens is 320 g/mol. The maximum absolute atomic E-state index is 12.2. The molecular formula is C19H28N2O4. The molecule has 0 aliphatic heterocycles. The molecule has 6 heteroatoms. The van der Waals surface area contributed by atoms with E-state index in [0.29, 0.717) is 0 Å². The molecule has 1 aromatic carbocycles. The molecule has 1 rings (SSSR count). The summed E-state index contributed by atoms with van der Waals surface area (Å²) in [5, 5.41) is 5.36. The minimum Gasteiger partial charge on any atom is -0.454 e. The molecule has 0 unspecified atom stereocenters. The van der Waals surface area contributed by atoms with Gasteiger partial charge in [-0.3, -0.25) is 9.59 Å². The Hall–Kier alpha value is -2.37. The van der Waals surface area contributed by atoms with Gasteiger partial charge in [0.2, 0.25) is 5.91 Å². The molecule has 6 nitrogen and oxygen atoms in total. The molecule has 1 aromatic rings. The summed E-state index contributed by atoms with van der Waals surface area (Å²) in [6.45, 7) is 10.5. The second-order valence-electron chi connectivity index (χ2n) is 6.77. The lowest BCUT2D eigenvalue weighted by Gasteiger charge is -2.20. The van der Waals surface area contributed by atoms with Crippen molar-refractivity contribution in [3.05, 3.63) is 29.3 Å². The Kier molecular flexibility index (Phi) is 7.61. The van der Waals surface area contributed by atoms with Crippen LogP contribution in [0.25, 0.3) is 0 Å². The molecule has 0 aliphatic carbocycles. The quantitative estimate of drug-likeness (QED) is 0.742. The van der Waals surface area contributed by atoms with Crippen LogP contribution in [0.15, 0.2) is 18.2 Å². The highest BCUT2D eigenvalue weighted by Crippen LogP contribution is 2.27. The van der Waals surface area contributed by atoms with Crippen molar-refractivity contribution in [1.29, 1.82) is 0 Å². The maximum Gasteiger partial charge on any atom is 0.329 e. The van der Waals surface area contributed by atoms with E-state index in [1.165, 1.54) is 6.92 Å². The monoisotopic (exact) mass is 348 g/mol. The second-order valence-corrected chi connectivity index (χ2v) is 6.77. The molecule has 138 valence electrons. The summed E-state index contributed by atoms with van der Waals surface area (Å²) in [4.78, 5) is 35.5. The van der Waals surface area contributed by atoms with Gasteiger partial charge in [0.25, 0.3) is 5.91 Å². The first-order valence-electron chi connectivity index (χ1n) is 8.46. The Morgan fingerprint density at radius 2 is 1.76 bits per heavy atom. The third kappa shape index (κ3) is 6.21. The number of carbonyl (C=O) groups excluding carboxylic acids is 3. The van der Waals surface area contributed by atoms with E-state index in [2.05, 4.69) is 10.6 Å². The maximum atomic E-state index is 12.2. The molecule has 0 fully saturated rings. The van der Waals surface area contributed by atoms with E-state index in [9.17, 15) is 14.4 Å². The zero-order valence-electron chi connectivity index (χ0n) is 15.8. The summed E-state index contributed by atoms with van der Waals surface area (Å²) in [5.41, 5.74) is 2.72. The molecule has 2 amide bonds. The SMILES string of the molecule is CC(=O)N[C@H](C(=O)OCC(=O)Nc1c(C)cccc1C(C)C)C(C)C. The van der Waals surface area contributed by atoms with Crippen molar-refractivity contribution in [2.24, 2.45) is 5.92 Å². The highest BCUT2D eigenvalue weighted by atomic mass is 16.5. The average molecular weight is 348 g/mol. The van der Waals surface area contributed by atoms with E-state index in [0.717, 1.165) is 16.8 Å². The van der Waals surface area contributed by atoms with Gasteiger partial charge in [0, 0.05) is 12.6 Å². The topological polar surface area (TPSA) is 84.5 Å². The third-order valence-electron chi connectivity index (χ3n) is 3.82. The summed E-state index contributed by atoms with van der Waals surface area (Å²) in [7, 11) is 0. The summed E-state index contributed by atoms with van der Waals surface area (Å²) in [5.74, 6) is -1.23. The van der Waals surface area contributed by atoms with Crippen LogP contribution in [0.2, 0.25) is 0 Å². The smallest absolute Gasteiger partial charge is 0.329 e. The van der Waals surface area contributed by atoms with Crippen LogP contribution in [0.5, 0.6) is 0 Å². The predicted octanol–water partition coefficient (Wildman–Crippen LogP) is 2.76. The largest absolute Gasteiger partial charge is 0.454 e. The van der Waals surface area contributed by atoms with Gasteiger partial charge in [-0.05, 0) is 29.9 Å². The summed E-state index contributed by atoms with van der Waals surface area (Å²) in [6, 6.07) is 5.06. The molecule has 0 heterocycles. The number of benzene rings is 1. The molecule has 0 bridgehead atoms. The van der Waals surface area contributed by atoms with Crippen LogP contribution in [0.3, 0.4) is 0 Å². The van der Waals surface area contributed by atoms with Gasteiger partial charge < -0.3 is 15.4 Å². The van der Waals surface area contributed by atoms with Gasteiger partial charge in [-0.1, -0.05) is 45.9 Å². The normalized spacial score (nSPS) is 12.0. The number of hydrogen-bond donors (Lipinski definition) is 2. The molecule has 25 heavy (non-hydrogen) atoms. The molecule has 0 saturated carbocycles. The van der Waals surface area contributed by atoms with Gasteiger partial charge in [0.15, 0.2) is 6.61 Å². The van der Waals surface area contributed by atoms with Crippen LogP contribution in [-0.4, -0.2) is 30.4 Å². The predicted molar refractivity (Wildman–Crippen MR) is 97.3 cm³/mol. The number of ether oxygens (including phenoxy) is 1. The molecule has 2 N–H and O–H groups in total. The number of rotatable bonds is 7. The van der Waals surface area contributed by atoms with Crippen LogP contribution in [-0.2, 0) is 19.1 Å². The summed E-state index contributed by atoms with van der Waals surface area (Å²) < 4.78 is 5.07. The van der Waals surface area contributed by atoms with E-state index < -0.39 is 24.5 Å².